The van der Waals surface area contributed by atoms with Gasteiger partial charge in [0.25, 0.3) is 5.91 Å². The minimum atomic E-state index is -0.730. The minimum Gasteiger partial charge on any atom is -0.409 e. The van der Waals surface area contributed by atoms with Gasteiger partial charge in [-0.25, -0.2) is 0 Å². The van der Waals surface area contributed by atoms with Gasteiger partial charge in [-0.1, -0.05) is 48.5 Å². The average molecular weight is 289 g/mol. The molecule has 0 aromatic heterocycles. The second-order valence-corrected chi connectivity index (χ2v) is 5.81. The Hall–Kier alpha value is -2.04. The third-order valence-electron chi connectivity index (χ3n) is 4.19. The maximum absolute atomic E-state index is 12.5. The first-order valence-electron chi connectivity index (χ1n) is 7.44. The van der Waals surface area contributed by atoms with Crippen molar-refractivity contribution in [3.05, 3.63) is 35.4 Å². The highest BCUT2D eigenvalue weighted by Gasteiger charge is 2.37. The highest BCUT2D eigenvalue weighted by atomic mass is 16.4. The van der Waals surface area contributed by atoms with Gasteiger partial charge < -0.3 is 16.3 Å². The van der Waals surface area contributed by atoms with Gasteiger partial charge in [0.05, 0.1) is 0 Å². The van der Waals surface area contributed by atoms with E-state index in [4.69, 9.17) is 10.9 Å². The van der Waals surface area contributed by atoms with Crippen molar-refractivity contribution in [3.8, 4) is 0 Å². The summed E-state index contributed by atoms with van der Waals surface area (Å²) in [5, 5.41) is 15.3. The van der Waals surface area contributed by atoms with Crippen molar-refractivity contribution in [2.45, 2.75) is 51.0 Å². The Labute approximate surface area is 125 Å². The molecule has 0 spiro atoms. The first-order chi connectivity index (χ1) is 10.1. The van der Waals surface area contributed by atoms with E-state index >= 15 is 0 Å². The lowest BCUT2D eigenvalue weighted by molar-refractivity contribution is 0.0915. The van der Waals surface area contributed by atoms with Gasteiger partial charge in [0.2, 0.25) is 0 Å². The molecule has 0 aliphatic heterocycles. The summed E-state index contributed by atoms with van der Waals surface area (Å²) in [4.78, 5) is 12.5. The number of hydrogen-bond acceptors (Lipinski definition) is 3. The number of rotatable bonds is 3. The number of amidine groups is 1. The van der Waals surface area contributed by atoms with Crippen molar-refractivity contribution in [2.75, 3.05) is 0 Å². The van der Waals surface area contributed by atoms with Gasteiger partial charge in [0.1, 0.15) is 5.54 Å². The summed E-state index contributed by atoms with van der Waals surface area (Å²) in [6.07, 6.45) is 5.57. The zero-order valence-corrected chi connectivity index (χ0v) is 12.4. The Bertz CT molecular complexity index is 532. The van der Waals surface area contributed by atoms with Crippen LogP contribution in [0.1, 0.15) is 54.4 Å². The molecule has 1 amide bonds. The van der Waals surface area contributed by atoms with Crippen LogP contribution in [0.3, 0.4) is 0 Å². The minimum absolute atomic E-state index is 0.102. The number of carbonyl (C=O) groups excluding carboxylic acids is 1. The Morgan fingerprint density at radius 2 is 1.95 bits per heavy atom. The third-order valence-corrected chi connectivity index (χ3v) is 4.19. The number of benzene rings is 1. The largest absolute Gasteiger partial charge is 0.409 e. The smallest absolute Gasteiger partial charge is 0.252 e. The molecule has 0 unspecified atom stereocenters. The van der Waals surface area contributed by atoms with Crippen molar-refractivity contribution < 1.29 is 10.0 Å². The predicted molar refractivity (Wildman–Crippen MR) is 82.5 cm³/mol. The quantitative estimate of drug-likeness (QED) is 0.263. The van der Waals surface area contributed by atoms with Gasteiger partial charge in [-0.15, -0.1) is 0 Å². The van der Waals surface area contributed by atoms with Gasteiger partial charge in [0.15, 0.2) is 5.84 Å². The van der Waals surface area contributed by atoms with E-state index in [1.165, 1.54) is 0 Å². The molecule has 5 heteroatoms. The van der Waals surface area contributed by atoms with Crippen LogP contribution < -0.4 is 11.1 Å². The van der Waals surface area contributed by atoms with E-state index in [2.05, 4.69) is 10.5 Å². The van der Waals surface area contributed by atoms with E-state index in [1.807, 2.05) is 25.1 Å². The topological polar surface area (TPSA) is 87.7 Å². The molecular weight excluding hydrogens is 266 g/mol. The van der Waals surface area contributed by atoms with E-state index in [1.54, 1.807) is 6.07 Å². The molecule has 2 rings (SSSR count). The van der Waals surface area contributed by atoms with Crippen LogP contribution in [0.5, 0.6) is 0 Å². The number of nitrogens with two attached hydrogens (primary N) is 1. The van der Waals surface area contributed by atoms with Crippen molar-refractivity contribution in [2.24, 2.45) is 10.9 Å². The summed E-state index contributed by atoms with van der Waals surface area (Å²) < 4.78 is 0. The first-order valence-corrected chi connectivity index (χ1v) is 7.44. The highest BCUT2D eigenvalue weighted by Crippen LogP contribution is 2.28. The zero-order valence-electron chi connectivity index (χ0n) is 12.4. The molecule has 1 saturated carbocycles. The molecule has 0 saturated heterocycles. The number of oxime groups is 1. The fourth-order valence-corrected chi connectivity index (χ4v) is 2.95. The summed E-state index contributed by atoms with van der Waals surface area (Å²) in [6.45, 7) is 1.95. The van der Waals surface area contributed by atoms with Crippen molar-refractivity contribution in [1.82, 2.24) is 5.32 Å². The number of nitrogens with zero attached hydrogens (tertiary/aromatic N) is 1. The number of amides is 1. The summed E-state index contributed by atoms with van der Waals surface area (Å²) in [5.41, 5.74) is 6.79. The molecule has 0 radical (unpaired) electrons. The number of aryl methyl sites for hydroxylation is 1. The molecule has 1 aromatic rings. The molecular formula is C16H23N3O2. The molecule has 0 heterocycles. The van der Waals surface area contributed by atoms with Crippen LogP contribution in [0.2, 0.25) is 0 Å². The van der Waals surface area contributed by atoms with Crippen LogP contribution in [-0.2, 0) is 0 Å². The molecule has 1 aliphatic rings. The Morgan fingerprint density at radius 3 is 2.52 bits per heavy atom. The molecule has 1 aliphatic carbocycles. The maximum Gasteiger partial charge on any atom is 0.252 e. The summed E-state index contributed by atoms with van der Waals surface area (Å²) in [6, 6.07) is 7.42. The Kier molecular flexibility index (Phi) is 4.83. The summed E-state index contributed by atoms with van der Waals surface area (Å²) in [5.74, 6) is -0.0717. The van der Waals surface area contributed by atoms with Gasteiger partial charge in [-0.2, -0.15) is 0 Å². The fourth-order valence-electron chi connectivity index (χ4n) is 2.95. The summed E-state index contributed by atoms with van der Waals surface area (Å²) in [7, 11) is 0. The van der Waals surface area contributed by atoms with E-state index in [0.717, 1.165) is 31.2 Å². The number of carbonyl (C=O) groups is 1. The average Bonchev–Trinajstić information content (AvgIpc) is 2.73. The van der Waals surface area contributed by atoms with Crippen LogP contribution in [0.15, 0.2) is 29.4 Å². The highest BCUT2D eigenvalue weighted by molar-refractivity contribution is 6.00. The fraction of sp³-hybridized carbons (Fsp3) is 0.500. The molecule has 0 bridgehead atoms. The third kappa shape index (κ3) is 3.54. The molecule has 1 aromatic carbocycles. The van der Waals surface area contributed by atoms with E-state index in [0.29, 0.717) is 18.4 Å². The molecule has 114 valence electrons. The molecule has 0 atom stereocenters. The first kappa shape index (κ1) is 15.4. The van der Waals surface area contributed by atoms with Gasteiger partial charge in [-0.05, 0) is 31.9 Å². The Morgan fingerprint density at radius 1 is 1.29 bits per heavy atom. The number of nitrogens with one attached hydrogen (secondary N) is 1. The lowest BCUT2D eigenvalue weighted by Gasteiger charge is -2.32. The van der Waals surface area contributed by atoms with Gasteiger partial charge in [-0.3, -0.25) is 4.79 Å². The maximum atomic E-state index is 12.5. The summed E-state index contributed by atoms with van der Waals surface area (Å²) >= 11 is 0. The normalized spacial score (nSPS) is 18.8. The number of hydrogen-bond donors (Lipinski definition) is 3. The van der Waals surface area contributed by atoms with Crippen molar-refractivity contribution >= 4 is 11.7 Å². The van der Waals surface area contributed by atoms with Crippen molar-refractivity contribution in [1.29, 1.82) is 0 Å². The monoisotopic (exact) mass is 289 g/mol. The van der Waals surface area contributed by atoms with Gasteiger partial charge >= 0.3 is 0 Å². The van der Waals surface area contributed by atoms with E-state index in [9.17, 15) is 4.79 Å². The van der Waals surface area contributed by atoms with Crippen LogP contribution in [0.25, 0.3) is 0 Å². The standard InChI is InChI=1S/C16H23N3O2/c1-12-7-6-8-13(11-12)14(20)18-16(15(17)19-21)9-4-2-3-5-10-16/h6-8,11,21H,2-5,9-10H2,1H3,(H2,17,19)(H,18,20). The molecule has 5 nitrogen and oxygen atoms in total. The van der Waals surface area contributed by atoms with Crippen LogP contribution in [-0.4, -0.2) is 22.5 Å². The predicted octanol–water partition coefficient (Wildman–Crippen LogP) is 2.56. The second-order valence-electron chi connectivity index (χ2n) is 5.81. The zero-order chi connectivity index (χ0) is 15.3. The van der Waals surface area contributed by atoms with E-state index in [-0.39, 0.29) is 11.7 Å². The molecule has 4 N–H and O–H groups in total. The lowest BCUT2D eigenvalue weighted by atomic mass is 9.88. The second kappa shape index (κ2) is 6.61. The van der Waals surface area contributed by atoms with E-state index < -0.39 is 5.54 Å². The van der Waals surface area contributed by atoms with Crippen molar-refractivity contribution in [3.63, 3.8) is 0 Å². The van der Waals surface area contributed by atoms with Gasteiger partial charge in [0, 0.05) is 5.56 Å². The SMILES string of the molecule is Cc1cccc(C(=O)NC2(/C(N)=N/O)CCCCCC2)c1. The molecule has 1 fully saturated rings. The lowest BCUT2D eigenvalue weighted by Crippen LogP contribution is -2.57. The molecule has 21 heavy (non-hydrogen) atoms. The van der Waals surface area contributed by atoms with Crippen LogP contribution in [0.4, 0.5) is 0 Å². The van der Waals surface area contributed by atoms with Crippen LogP contribution in [0, 0.1) is 6.92 Å². The Balaban J connectivity index is 2.24. The van der Waals surface area contributed by atoms with Crippen LogP contribution >= 0.6 is 0 Å².